The first kappa shape index (κ1) is 96.1. The highest BCUT2D eigenvalue weighted by atomic mass is 31.2. The minimum atomic E-state index is -4.96. The SMILES string of the molecule is CCC(C)CCCCCCCCCCCCC(=O)O[C@H](COC(=O)CCCCCCCCCCC(C)CC)COP(=O)(O)OC[C@H](O)COP(=O)(O)OC[C@@H](COC(=O)CCCCCCCCCCCCCCC(C)C)OC(=O)CCCCCCCCCCCCCCCCC(C)C. The second-order valence-electron chi connectivity index (χ2n) is 29.9. The molecule has 0 aromatic heterocycles. The smallest absolute Gasteiger partial charge is 0.462 e. The molecule has 98 heavy (non-hydrogen) atoms. The largest absolute Gasteiger partial charge is 0.472 e. The average molecular weight is 1440 g/mol. The van der Waals surface area contributed by atoms with Gasteiger partial charge in [-0.05, 0) is 49.4 Å². The average Bonchev–Trinajstić information content (AvgIpc) is 1.16. The summed E-state index contributed by atoms with van der Waals surface area (Å²) in [6, 6.07) is 0. The third kappa shape index (κ3) is 69.8. The van der Waals surface area contributed by atoms with Gasteiger partial charge in [-0.2, -0.15) is 0 Å². The molecule has 0 aromatic rings. The van der Waals surface area contributed by atoms with E-state index in [1.807, 2.05) is 0 Å². The second-order valence-corrected chi connectivity index (χ2v) is 32.8. The van der Waals surface area contributed by atoms with Gasteiger partial charge in [0.25, 0.3) is 0 Å². The molecule has 0 saturated carbocycles. The van der Waals surface area contributed by atoms with Crippen LogP contribution in [-0.4, -0.2) is 96.7 Å². The van der Waals surface area contributed by atoms with Crippen LogP contribution in [-0.2, 0) is 65.4 Å². The number of phosphoric acid groups is 2. The van der Waals surface area contributed by atoms with E-state index in [2.05, 4.69) is 55.4 Å². The number of phosphoric ester groups is 2. The highest BCUT2D eigenvalue weighted by molar-refractivity contribution is 7.47. The molecule has 0 heterocycles. The van der Waals surface area contributed by atoms with Crippen LogP contribution in [0.2, 0.25) is 0 Å². The highest BCUT2D eigenvalue weighted by Gasteiger charge is 2.30. The summed E-state index contributed by atoms with van der Waals surface area (Å²) in [5.74, 6) is 1.04. The Morgan fingerprint density at radius 1 is 0.286 bits per heavy atom. The van der Waals surface area contributed by atoms with E-state index in [0.717, 1.165) is 114 Å². The Morgan fingerprint density at radius 3 is 0.724 bits per heavy atom. The van der Waals surface area contributed by atoms with Gasteiger partial charge in [0.2, 0.25) is 0 Å². The Hall–Kier alpha value is -1.94. The molecule has 0 aliphatic rings. The van der Waals surface area contributed by atoms with E-state index in [1.54, 1.807) is 0 Å². The standard InChI is InChI=1S/C79H154O17P2/c1-9-71(7)57-49-41-33-25-21-22-28-38-46-54-62-79(84)96-75(66-90-77(82)60-52-44-36-30-29-34-42-50-58-72(8)10-2)68-94-98(87,88)92-64-73(80)63-91-97(85,86)93-67-74(65-89-76(81)59-51-43-35-26-19-16-15-18-24-32-40-48-56-70(5)6)95-78(83)61-53-45-37-27-20-14-12-11-13-17-23-31-39-47-55-69(3)4/h69-75,80H,9-68H2,1-8H3,(H,85,86)(H,87,88)/t71?,72?,73-,74-,75-/m1/s1. The zero-order chi connectivity index (χ0) is 72.4. The predicted molar refractivity (Wildman–Crippen MR) is 400 cm³/mol. The molecule has 3 N–H and O–H groups in total. The van der Waals surface area contributed by atoms with Crippen LogP contribution < -0.4 is 0 Å². The Kier molecular flexibility index (Phi) is 66.8. The van der Waals surface area contributed by atoms with Crippen LogP contribution in [0.25, 0.3) is 0 Å². The van der Waals surface area contributed by atoms with Crippen molar-refractivity contribution in [3.8, 4) is 0 Å². The van der Waals surface area contributed by atoms with Gasteiger partial charge in [0.1, 0.15) is 19.3 Å². The van der Waals surface area contributed by atoms with Crippen LogP contribution >= 0.6 is 15.6 Å². The molecule has 7 atom stereocenters. The molecule has 0 bridgehead atoms. The molecule has 0 fully saturated rings. The molecule has 0 aromatic carbocycles. The Morgan fingerprint density at radius 2 is 0.490 bits per heavy atom. The topological polar surface area (TPSA) is 237 Å². The van der Waals surface area contributed by atoms with Gasteiger partial charge in [-0.3, -0.25) is 37.3 Å². The molecule has 0 rings (SSSR count). The molecule has 0 saturated heterocycles. The summed E-state index contributed by atoms with van der Waals surface area (Å²) in [6.07, 6.45) is 53.9. The van der Waals surface area contributed by atoms with E-state index >= 15 is 0 Å². The van der Waals surface area contributed by atoms with Gasteiger partial charge in [-0.15, -0.1) is 0 Å². The first-order valence-corrected chi connectivity index (χ1v) is 43.8. The van der Waals surface area contributed by atoms with E-state index < -0.39 is 97.5 Å². The van der Waals surface area contributed by atoms with Crippen LogP contribution in [0.1, 0.15) is 402 Å². The van der Waals surface area contributed by atoms with Crippen molar-refractivity contribution in [2.75, 3.05) is 39.6 Å². The molecule has 0 aliphatic carbocycles. The molecule has 0 aliphatic heterocycles. The summed E-state index contributed by atoms with van der Waals surface area (Å²) in [6.45, 7) is 14.3. The molecule has 582 valence electrons. The molecule has 4 unspecified atom stereocenters. The molecular weight excluding hydrogens is 1280 g/mol. The zero-order valence-corrected chi connectivity index (χ0v) is 66.2. The number of hydrogen-bond acceptors (Lipinski definition) is 15. The second kappa shape index (κ2) is 68.2. The lowest BCUT2D eigenvalue weighted by Gasteiger charge is -2.21. The van der Waals surface area contributed by atoms with Gasteiger partial charge in [-0.25, -0.2) is 9.13 Å². The molecular formula is C79H154O17P2. The fourth-order valence-corrected chi connectivity index (χ4v) is 13.6. The van der Waals surface area contributed by atoms with Crippen molar-refractivity contribution in [2.24, 2.45) is 23.7 Å². The maximum Gasteiger partial charge on any atom is 0.472 e. The third-order valence-corrected chi connectivity index (χ3v) is 20.9. The molecule has 0 spiro atoms. The fraction of sp³-hybridized carbons (Fsp3) is 0.949. The molecule has 19 heteroatoms. The lowest BCUT2D eigenvalue weighted by atomic mass is 9.99. The van der Waals surface area contributed by atoms with Gasteiger partial charge >= 0.3 is 39.5 Å². The Bertz CT molecular complexity index is 1920. The highest BCUT2D eigenvalue weighted by Crippen LogP contribution is 2.45. The quantitative estimate of drug-likeness (QED) is 0.0222. The van der Waals surface area contributed by atoms with Crippen molar-refractivity contribution < 1.29 is 80.2 Å². The Labute approximate surface area is 600 Å². The number of rotatable bonds is 76. The predicted octanol–water partition coefficient (Wildman–Crippen LogP) is 23.2. The zero-order valence-electron chi connectivity index (χ0n) is 64.4. The summed E-state index contributed by atoms with van der Waals surface area (Å²) in [7, 11) is -9.92. The van der Waals surface area contributed by atoms with Crippen LogP contribution in [0, 0.1) is 23.7 Å². The number of ether oxygens (including phenoxy) is 4. The first-order valence-electron chi connectivity index (χ1n) is 40.8. The minimum absolute atomic E-state index is 0.105. The lowest BCUT2D eigenvalue weighted by molar-refractivity contribution is -0.161. The van der Waals surface area contributed by atoms with E-state index in [0.29, 0.717) is 25.7 Å². The fourth-order valence-electron chi connectivity index (χ4n) is 12.0. The summed E-state index contributed by atoms with van der Waals surface area (Å²) in [5, 5.41) is 10.6. The molecule has 17 nitrogen and oxygen atoms in total. The normalized spacial score (nSPS) is 14.6. The minimum Gasteiger partial charge on any atom is -0.462 e. The van der Waals surface area contributed by atoms with Crippen molar-refractivity contribution in [2.45, 2.75) is 420 Å². The molecule has 0 amide bonds. The van der Waals surface area contributed by atoms with Gasteiger partial charge in [0.05, 0.1) is 26.4 Å². The van der Waals surface area contributed by atoms with Crippen molar-refractivity contribution in [3.63, 3.8) is 0 Å². The summed E-state index contributed by atoms with van der Waals surface area (Å²) in [5.41, 5.74) is 0. The van der Waals surface area contributed by atoms with Crippen LogP contribution in [0.3, 0.4) is 0 Å². The van der Waals surface area contributed by atoms with Crippen molar-refractivity contribution in [3.05, 3.63) is 0 Å². The third-order valence-electron chi connectivity index (χ3n) is 19.0. The number of carbonyl (C=O) groups is 4. The maximum absolute atomic E-state index is 13.1. The number of aliphatic hydroxyl groups excluding tert-OH is 1. The van der Waals surface area contributed by atoms with Crippen LogP contribution in [0.5, 0.6) is 0 Å². The van der Waals surface area contributed by atoms with Crippen molar-refractivity contribution in [1.29, 1.82) is 0 Å². The van der Waals surface area contributed by atoms with Crippen molar-refractivity contribution in [1.82, 2.24) is 0 Å². The van der Waals surface area contributed by atoms with Crippen LogP contribution in [0.4, 0.5) is 0 Å². The van der Waals surface area contributed by atoms with Gasteiger partial charge in [0.15, 0.2) is 12.2 Å². The summed E-state index contributed by atoms with van der Waals surface area (Å²) < 4.78 is 68.7. The number of unbranched alkanes of at least 4 members (excludes halogenated alkanes) is 40. The first-order chi connectivity index (χ1) is 47.2. The summed E-state index contributed by atoms with van der Waals surface area (Å²) >= 11 is 0. The lowest BCUT2D eigenvalue weighted by Crippen LogP contribution is -2.30. The van der Waals surface area contributed by atoms with Gasteiger partial charge < -0.3 is 33.8 Å². The van der Waals surface area contributed by atoms with E-state index in [1.165, 1.54) is 205 Å². The number of esters is 4. The number of carbonyl (C=O) groups excluding carboxylic acids is 4. The van der Waals surface area contributed by atoms with Gasteiger partial charge in [0, 0.05) is 25.7 Å². The van der Waals surface area contributed by atoms with Crippen molar-refractivity contribution >= 4 is 39.5 Å². The van der Waals surface area contributed by atoms with Gasteiger partial charge in [-0.1, -0.05) is 351 Å². The number of hydrogen-bond donors (Lipinski definition) is 3. The van der Waals surface area contributed by atoms with E-state index in [9.17, 15) is 43.2 Å². The molecule has 0 radical (unpaired) electrons. The number of aliphatic hydroxyl groups is 1. The maximum atomic E-state index is 13.1. The monoisotopic (exact) mass is 1440 g/mol. The van der Waals surface area contributed by atoms with E-state index in [-0.39, 0.29) is 25.7 Å². The van der Waals surface area contributed by atoms with E-state index in [4.69, 9.17) is 37.0 Å². The summed E-state index contributed by atoms with van der Waals surface area (Å²) in [4.78, 5) is 73.0. The Balaban J connectivity index is 5.28. The van der Waals surface area contributed by atoms with Crippen LogP contribution in [0.15, 0.2) is 0 Å².